The lowest BCUT2D eigenvalue weighted by Gasteiger charge is -2.11. The van der Waals surface area contributed by atoms with Crippen molar-refractivity contribution in [3.05, 3.63) is 83.3 Å². The first-order valence-corrected chi connectivity index (χ1v) is 12.0. The highest BCUT2D eigenvalue weighted by atomic mass is 32.2. The molecule has 0 saturated heterocycles. The number of hydrogen-bond donors (Lipinski definition) is 2. The number of nitrogens with zero attached hydrogens (tertiary/aromatic N) is 1. The molecule has 2 N–H and O–H groups in total. The third-order valence-corrected chi connectivity index (χ3v) is 6.51. The highest BCUT2D eigenvalue weighted by Gasteiger charge is 2.16. The van der Waals surface area contributed by atoms with Gasteiger partial charge in [0, 0.05) is 24.3 Å². The average Bonchev–Trinajstić information content (AvgIpc) is 3.14. The molecule has 4 aromatic rings. The van der Waals surface area contributed by atoms with Crippen LogP contribution in [0.5, 0.6) is 5.75 Å². The summed E-state index contributed by atoms with van der Waals surface area (Å²) in [6.45, 7) is 0.323. The van der Waals surface area contributed by atoms with E-state index in [1.54, 1.807) is 54.6 Å². The van der Waals surface area contributed by atoms with E-state index < -0.39 is 15.8 Å². The summed E-state index contributed by atoms with van der Waals surface area (Å²) in [5, 5.41) is 2.71. The molecule has 34 heavy (non-hydrogen) atoms. The van der Waals surface area contributed by atoms with Crippen LogP contribution in [-0.4, -0.2) is 26.0 Å². The van der Waals surface area contributed by atoms with Crippen molar-refractivity contribution >= 4 is 38.4 Å². The van der Waals surface area contributed by atoms with Gasteiger partial charge < -0.3 is 14.5 Å². The molecule has 0 aliphatic rings. The fraction of sp³-hybridized carbons (Fsp3) is 0.167. The van der Waals surface area contributed by atoms with E-state index in [0.29, 0.717) is 41.2 Å². The molecule has 10 heteroatoms. The first-order valence-electron chi connectivity index (χ1n) is 10.5. The van der Waals surface area contributed by atoms with E-state index >= 15 is 0 Å². The number of para-hydroxylation sites is 2. The number of amides is 1. The predicted octanol–water partition coefficient (Wildman–Crippen LogP) is 3.82. The number of carbonyl (C=O) groups excluding carboxylic acids is 1. The summed E-state index contributed by atoms with van der Waals surface area (Å²) in [4.78, 5) is 24.4. The third-order valence-electron chi connectivity index (χ3n) is 5.13. The molecule has 0 aliphatic carbocycles. The van der Waals surface area contributed by atoms with Crippen molar-refractivity contribution in [2.45, 2.75) is 24.3 Å². The molecule has 9 nitrogen and oxygen atoms in total. The van der Waals surface area contributed by atoms with Gasteiger partial charge in [-0.1, -0.05) is 18.2 Å². The van der Waals surface area contributed by atoms with E-state index in [4.69, 9.17) is 9.15 Å². The average molecular weight is 482 g/mol. The zero-order valence-corrected chi connectivity index (χ0v) is 19.2. The van der Waals surface area contributed by atoms with Crippen LogP contribution in [-0.2, 0) is 21.4 Å². The fourth-order valence-electron chi connectivity index (χ4n) is 3.46. The molecule has 0 atom stereocenters. The largest absolute Gasteiger partial charge is 0.497 e. The lowest BCUT2D eigenvalue weighted by Crippen LogP contribution is -2.17. The summed E-state index contributed by atoms with van der Waals surface area (Å²) in [5.74, 6) is -0.152. The van der Waals surface area contributed by atoms with Gasteiger partial charge in [-0.15, -0.1) is 0 Å². The number of oxazole rings is 1. The van der Waals surface area contributed by atoms with Crippen molar-refractivity contribution in [3.8, 4) is 5.75 Å². The Balaban J connectivity index is 1.37. The number of aryl methyl sites for hydroxylation is 1. The van der Waals surface area contributed by atoms with Gasteiger partial charge in [-0.2, -0.15) is 0 Å². The Morgan fingerprint density at radius 3 is 2.53 bits per heavy atom. The van der Waals surface area contributed by atoms with Crippen molar-refractivity contribution in [1.82, 2.24) is 4.57 Å². The number of ether oxygens (including phenoxy) is 1. The Morgan fingerprint density at radius 1 is 1.00 bits per heavy atom. The molecule has 3 aromatic carbocycles. The Kier molecular flexibility index (Phi) is 6.69. The quantitative estimate of drug-likeness (QED) is 0.375. The normalized spacial score (nSPS) is 11.3. The molecule has 0 spiro atoms. The maximum absolute atomic E-state index is 12.7. The summed E-state index contributed by atoms with van der Waals surface area (Å²) in [7, 11) is -2.33. The van der Waals surface area contributed by atoms with Crippen LogP contribution < -0.4 is 20.5 Å². The van der Waals surface area contributed by atoms with Crippen LogP contribution in [0.25, 0.3) is 11.1 Å². The number of methoxy groups -OCH3 is 1. The van der Waals surface area contributed by atoms with Crippen LogP contribution in [0, 0.1) is 0 Å². The van der Waals surface area contributed by atoms with Crippen LogP contribution in [0.3, 0.4) is 0 Å². The van der Waals surface area contributed by atoms with E-state index in [-0.39, 0.29) is 17.2 Å². The van der Waals surface area contributed by atoms with Gasteiger partial charge in [0.25, 0.3) is 10.0 Å². The van der Waals surface area contributed by atoms with Crippen LogP contribution in [0.1, 0.15) is 12.8 Å². The second-order valence-corrected chi connectivity index (χ2v) is 9.18. The van der Waals surface area contributed by atoms with Crippen molar-refractivity contribution in [2.24, 2.45) is 0 Å². The molecule has 1 amide bonds. The molecular formula is C24H23N3O6S. The second-order valence-electron chi connectivity index (χ2n) is 7.50. The van der Waals surface area contributed by atoms with Crippen LogP contribution in [0.2, 0.25) is 0 Å². The molecule has 0 unspecified atom stereocenters. The number of rotatable bonds is 9. The van der Waals surface area contributed by atoms with Gasteiger partial charge in [0.2, 0.25) is 5.91 Å². The topological polar surface area (TPSA) is 120 Å². The molecule has 1 aromatic heterocycles. The van der Waals surface area contributed by atoms with Gasteiger partial charge in [-0.3, -0.25) is 14.1 Å². The highest BCUT2D eigenvalue weighted by molar-refractivity contribution is 7.92. The highest BCUT2D eigenvalue weighted by Crippen LogP contribution is 2.21. The van der Waals surface area contributed by atoms with Gasteiger partial charge in [-0.05, 0) is 61.0 Å². The minimum absolute atomic E-state index is 0.0116. The fourth-order valence-corrected chi connectivity index (χ4v) is 4.57. The van der Waals surface area contributed by atoms with E-state index in [0.717, 1.165) is 0 Å². The first kappa shape index (κ1) is 23.1. The van der Waals surface area contributed by atoms with Gasteiger partial charge in [0.05, 0.1) is 17.5 Å². The second kappa shape index (κ2) is 9.84. The van der Waals surface area contributed by atoms with E-state index in [2.05, 4.69) is 10.0 Å². The minimum Gasteiger partial charge on any atom is -0.497 e. The lowest BCUT2D eigenvalue weighted by atomic mass is 10.2. The summed E-state index contributed by atoms with van der Waals surface area (Å²) in [5.41, 5.74) is 1.92. The van der Waals surface area contributed by atoms with Crippen molar-refractivity contribution < 1.29 is 22.4 Å². The smallest absolute Gasteiger partial charge is 0.419 e. The number of aromatic nitrogens is 1. The lowest BCUT2D eigenvalue weighted by molar-refractivity contribution is -0.116. The number of anilines is 2. The van der Waals surface area contributed by atoms with E-state index in [1.807, 2.05) is 6.07 Å². The molecule has 4 rings (SSSR count). The molecule has 176 valence electrons. The van der Waals surface area contributed by atoms with Crippen LogP contribution >= 0.6 is 0 Å². The molecule has 0 saturated carbocycles. The van der Waals surface area contributed by atoms with E-state index in [1.165, 1.54) is 23.8 Å². The number of hydrogen-bond acceptors (Lipinski definition) is 6. The Labute approximate surface area is 196 Å². The predicted molar refractivity (Wildman–Crippen MR) is 129 cm³/mol. The first-order chi connectivity index (χ1) is 16.4. The molecule has 0 radical (unpaired) electrons. The van der Waals surface area contributed by atoms with Gasteiger partial charge >= 0.3 is 5.76 Å². The van der Waals surface area contributed by atoms with Crippen LogP contribution in [0.15, 0.2) is 86.9 Å². The molecule has 0 bridgehead atoms. The third kappa shape index (κ3) is 5.29. The Morgan fingerprint density at radius 2 is 1.76 bits per heavy atom. The molecule has 0 fully saturated rings. The maximum Gasteiger partial charge on any atom is 0.419 e. The molecule has 0 aliphatic heterocycles. The SMILES string of the molecule is COc1ccc(NS(=O)(=O)c2cccc(NC(=O)CCCn3c(=O)oc4ccccc43)c2)cc1. The number of carbonyl (C=O) groups is 1. The Bertz CT molecular complexity index is 1470. The number of nitrogens with one attached hydrogen (secondary N) is 2. The zero-order valence-electron chi connectivity index (χ0n) is 18.4. The summed E-state index contributed by atoms with van der Waals surface area (Å²) < 4.78 is 39.7. The number of sulfonamides is 1. The van der Waals surface area contributed by atoms with E-state index in [9.17, 15) is 18.0 Å². The van der Waals surface area contributed by atoms with Crippen LogP contribution in [0.4, 0.5) is 11.4 Å². The Hall–Kier alpha value is -4.05. The van der Waals surface area contributed by atoms with Gasteiger partial charge in [0.1, 0.15) is 5.75 Å². The summed E-state index contributed by atoms with van der Waals surface area (Å²) in [6, 6.07) is 19.6. The number of fused-ring (bicyclic) bond motifs is 1. The standard InChI is InChI=1S/C24H23N3O6S/c1-32-19-13-11-17(12-14-19)26-34(30,31)20-7-4-6-18(16-20)25-23(28)10-5-15-27-21-8-2-3-9-22(21)33-24(27)29/h2-4,6-9,11-14,16,26H,5,10,15H2,1H3,(H,25,28). The van der Waals surface area contributed by atoms with Crippen molar-refractivity contribution in [2.75, 3.05) is 17.1 Å². The van der Waals surface area contributed by atoms with Gasteiger partial charge in [0.15, 0.2) is 5.58 Å². The van der Waals surface area contributed by atoms with Gasteiger partial charge in [-0.25, -0.2) is 13.2 Å². The summed E-state index contributed by atoms with van der Waals surface area (Å²) in [6.07, 6.45) is 0.555. The maximum atomic E-state index is 12.7. The number of benzene rings is 3. The molecule has 1 heterocycles. The van der Waals surface area contributed by atoms with Crippen molar-refractivity contribution in [3.63, 3.8) is 0 Å². The molecular weight excluding hydrogens is 458 g/mol. The van der Waals surface area contributed by atoms with Crippen molar-refractivity contribution in [1.29, 1.82) is 0 Å². The summed E-state index contributed by atoms with van der Waals surface area (Å²) >= 11 is 0. The zero-order chi connectivity index (χ0) is 24.1. The monoisotopic (exact) mass is 481 g/mol. The minimum atomic E-state index is -3.85.